The normalized spacial score (nSPS) is 9.73. The van der Waals surface area contributed by atoms with Crippen molar-refractivity contribution in [3.63, 3.8) is 0 Å². The number of ether oxygens (including phenoxy) is 2. The van der Waals surface area contributed by atoms with Crippen molar-refractivity contribution in [3.05, 3.63) is 11.9 Å². The van der Waals surface area contributed by atoms with Gasteiger partial charge in [0.05, 0.1) is 19.9 Å². The molecule has 1 aromatic rings. The number of aromatic nitrogens is 3. The second-order valence-electron chi connectivity index (χ2n) is 2.57. The second kappa shape index (κ2) is 5.08. The van der Waals surface area contributed by atoms with Crippen LogP contribution >= 0.6 is 0 Å². The van der Waals surface area contributed by atoms with Crippen LogP contribution in [0, 0.1) is 0 Å². The van der Waals surface area contributed by atoms with Crippen LogP contribution in [0.15, 0.2) is 6.20 Å². The SMILES string of the molecule is CCOC(=O)Cn1nncc1C(=O)OC. The fourth-order valence-electron chi connectivity index (χ4n) is 0.966. The summed E-state index contributed by atoms with van der Waals surface area (Å²) in [5, 5.41) is 7.08. The quantitative estimate of drug-likeness (QED) is 0.634. The van der Waals surface area contributed by atoms with Gasteiger partial charge in [-0.3, -0.25) is 4.79 Å². The Hall–Kier alpha value is -1.92. The Bertz CT molecular complexity index is 361. The molecule has 0 aliphatic carbocycles. The van der Waals surface area contributed by atoms with Crippen LogP contribution in [0.5, 0.6) is 0 Å². The topological polar surface area (TPSA) is 83.3 Å². The van der Waals surface area contributed by atoms with Gasteiger partial charge in [0.15, 0.2) is 5.69 Å². The van der Waals surface area contributed by atoms with Crippen LogP contribution in [0.1, 0.15) is 17.4 Å². The molecule has 1 rings (SSSR count). The Kier molecular flexibility index (Phi) is 3.78. The van der Waals surface area contributed by atoms with Gasteiger partial charge in [-0.1, -0.05) is 5.21 Å². The van der Waals surface area contributed by atoms with Gasteiger partial charge >= 0.3 is 11.9 Å². The van der Waals surface area contributed by atoms with E-state index in [9.17, 15) is 9.59 Å². The zero-order valence-electron chi connectivity index (χ0n) is 8.47. The highest BCUT2D eigenvalue weighted by molar-refractivity contribution is 5.87. The molecule has 0 radical (unpaired) electrons. The third-order valence-electron chi connectivity index (χ3n) is 1.60. The molecule has 0 atom stereocenters. The number of carbonyl (C=O) groups is 2. The largest absolute Gasteiger partial charge is 0.465 e. The standard InChI is InChI=1S/C8H11N3O4/c1-3-15-7(12)5-11-6(4-9-10-11)8(13)14-2/h4H,3,5H2,1-2H3. The highest BCUT2D eigenvalue weighted by Crippen LogP contribution is 1.99. The van der Waals surface area contributed by atoms with Crippen molar-refractivity contribution in [2.75, 3.05) is 13.7 Å². The van der Waals surface area contributed by atoms with E-state index in [0.717, 1.165) is 4.68 Å². The molecule has 7 heteroatoms. The third-order valence-corrected chi connectivity index (χ3v) is 1.60. The van der Waals surface area contributed by atoms with Crippen molar-refractivity contribution in [2.45, 2.75) is 13.5 Å². The summed E-state index contributed by atoms with van der Waals surface area (Å²) in [6, 6.07) is 0. The van der Waals surface area contributed by atoms with E-state index in [4.69, 9.17) is 4.74 Å². The molecule has 0 aliphatic rings. The molecule has 0 N–H and O–H groups in total. The summed E-state index contributed by atoms with van der Waals surface area (Å²) < 4.78 is 10.3. The average molecular weight is 213 g/mol. The van der Waals surface area contributed by atoms with Crippen LogP contribution in [0.4, 0.5) is 0 Å². The molecule has 15 heavy (non-hydrogen) atoms. The third kappa shape index (κ3) is 2.76. The number of esters is 2. The van der Waals surface area contributed by atoms with Gasteiger partial charge in [0.25, 0.3) is 0 Å². The van der Waals surface area contributed by atoms with Crippen LogP contribution in [-0.4, -0.2) is 40.6 Å². The first kappa shape index (κ1) is 11.2. The van der Waals surface area contributed by atoms with Gasteiger partial charge in [0.1, 0.15) is 6.54 Å². The minimum Gasteiger partial charge on any atom is -0.465 e. The summed E-state index contributed by atoms with van der Waals surface area (Å²) >= 11 is 0. The van der Waals surface area contributed by atoms with Crippen LogP contribution in [0.2, 0.25) is 0 Å². The minimum absolute atomic E-state index is 0.116. The van der Waals surface area contributed by atoms with E-state index < -0.39 is 11.9 Å². The maximum atomic E-state index is 11.2. The molecule has 0 aromatic carbocycles. The Labute approximate surface area is 86.0 Å². The van der Waals surface area contributed by atoms with Gasteiger partial charge in [-0.15, -0.1) is 5.10 Å². The molecule has 0 unspecified atom stereocenters. The molecular weight excluding hydrogens is 202 g/mol. The van der Waals surface area contributed by atoms with Gasteiger partial charge in [-0.25, -0.2) is 9.48 Å². The average Bonchev–Trinajstić information content (AvgIpc) is 2.65. The number of hydrogen-bond donors (Lipinski definition) is 0. The lowest BCUT2D eigenvalue weighted by atomic mass is 10.4. The molecule has 0 saturated carbocycles. The number of hydrogen-bond acceptors (Lipinski definition) is 6. The molecule has 0 aliphatic heterocycles. The van der Waals surface area contributed by atoms with Gasteiger partial charge < -0.3 is 9.47 Å². The predicted molar refractivity (Wildman–Crippen MR) is 48.0 cm³/mol. The van der Waals surface area contributed by atoms with Crippen molar-refractivity contribution < 1.29 is 19.1 Å². The second-order valence-corrected chi connectivity index (χ2v) is 2.57. The van der Waals surface area contributed by atoms with Crippen molar-refractivity contribution >= 4 is 11.9 Å². The van der Waals surface area contributed by atoms with Gasteiger partial charge in [0.2, 0.25) is 0 Å². The fourth-order valence-corrected chi connectivity index (χ4v) is 0.966. The lowest BCUT2D eigenvalue weighted by Crippen LogP contribution is -2.19. The van der Waals surface area contributed by atoms with Crippen molar-refractivity contribution in [2.24, 2.45) is 0 Å². The smallest absolute Gasteiger partial charge is 0.358 e. The molecule has 1 aromatic heterocycles. The molecule has 0 bridgehead atoms. The van der Waals surface area contributed by atoms with E-state index in [2.05, 4.69) is 15.0 Å². The lowest BCUT2D eigenvalue weighted by molar-refractivity contribution is -0.144. The molecule has 0 saturated heterocycles. The van der Waals surface area contributed by atoms with E-state index in [1.165, 1.54) is 13.3 Å². The van der Waals surface area contributed by atoms with E-state index in [1.807, 2.05) is 0 Å². The van der Waals surface area contributed by atoms with Gasteiger partial charge in [-0.2, -0.15) is 0 Å². The molecule has 7 nitrogen and oxygen atoms in total. The number of carbonyl (C=O) groups excluding carboxylic acids is 2. The maximum Gasteiger partial charge on any atom is 0.358 e. The van der Waals surface area contributed by atoms with Crippen molar-refractivity contribution in [3.8, 4) is 0 Å². The van der Waals surface area contributed by atoms with Gasteiger partial charge in [0, 0.05) is 0 Å². The molecule has 82 valence electrons. The molecule has 0 fully saturated rings. The van der Waals surface area contributed by atoms with Crippen molar-refractivity contribution in [1.82, 2.24) is 15.0 Å². The number of rotatable bonds is 4. The van der Waals surface area contributed by atoms with Crippen LogP contribution in [0.25, 0.3) is 0 Å². The minimum atomic E-state index is -0.593. The highest BCUT2D eigenvalue weighted by Gasteiger charge is 2.15. The summed E-state index contributed by atoms with van der Waals surface area (Å²) in [5.41, 5.74) is 0.116. The van der Waals surface area contributed by atoms with Crippen LogP contribution in [0.3, 0.4) is 0 Å². The first-order valence-electron chi connectivity index (χ1n) is 4.31. The lowest BCUT2D eigenvalue weighted by Gasteiger charge is -2.03. The molecule has 0 amide bonds. The predicted octanol–water partition coefficient (Wildman–Crippen LogP) is -0.372. The Morgan fingerprint density at radius 3 is 2.87 bits per heavy atom. The summed E-state index contributed by atoms with van der Waals surface area (Å²) in [4.78, 5) is 22.3. The van der Waals surface area contributed by atoms with E-state index >= 15 is 0 Å². The summed E-state index contributed by atoms with van der Waals surface area (Å²) in [6.45, 7) is 1.82. The summed E-state index contributed by atoms with van der Waals surface area (Å²) in [7, 11) is 1.24. The summed E-state index contributed by atoms with van der Waals surface area (Å²) in [6.07, 6.45) is 1.23. The highest BCUT2D eigenvalue weighted by atomic mass is 16.5. The molecular formula is C8H11N3O4. The Morgan fingerprint density at radius 2 is 2.27 bits per heavy atom. The van der Waals surface area contributed by atoms with E-state index in [-0.39, 0.29) is 18.8 Å². The zero-order valence-corrected chi connectivity index (χ0v) is 8.47. The number of methoxy groups -OCH3 is 1. The molecule has 1 heterocycles. The maximum absolute atomic E-state index is 11.2. The summed E-state index contributed by atoms with van der Waals surface area (Å²) in [5.74, 6) is -1.07. The van der Waals surface area contributed by atoms with E-state index in [1.54, 1.807) is 6.92 Å². The van der Waals surface area contributed by atoms with Crippen LogP contribution in [-0.2, 0) is 20.8 Å². The fraction of sp³-hybridized carbons (Fsp3) is 0.500. The molecule has 0 spiro atoms. The zero-order chi connectivity index (χ0) is 11.3. The van der Waals surface area contributed by atoms with E-state index in [0.29, 0.717) is 0 Å². The van der Waals surface area contributed by atoms with Gasteiger partial charge in [-0.05, 0) is 6.92 Å². The number of nitrogens with zero attached hydrogens (tertiary/aromatic N) is 3. The first-order valence-corrected chi connectivity index (χ1v) is 4.31. The van der Waals surface area contributed by atoms with Crippen LogP contribution < -0.4 is 0 Å². The van der Waals surface area contributed by atoms with Crippen molar-refractivity contribution in [1.29, 1.82) is 0 Å². The Morgan fingerprint density at radius 1 is 1.53 bits per heavy atom. The Balaban J connectivity index is 2.73. The monoisotopic (exact) mass is 213 g/mol. The first-order chi connectivity index (χ1) is 7.19.